The topological polar surface area (TPSA) is 70.6 Å². The molecule has 0 aliphatic carbocycles. The van der Waals surface area contributed by atoms with E-state index in [0.29, 0.717) is 13.1 Å². The predicted molar refractivity (Wildman–Crippen MR) is 120 cm³/mol. The third kappa shape index (κ3) is 5.15. The highest BCUT2D eigenvalue weighted by Crippen LogP contribution is 2.28. The maximum absolute atomic E-state index is 13.1. The standard InChI is InChI=1S/C21H20FN3O3S3/c22-17-6-8-18(9-7-17)31(27,28)25-12-10-24(11-13-25)20(26)15-30-21-23-19(14-29-21)16-4-2-1-3-5-16/h1-9,14H,10-13,15H2. The van der Waals surface area contributed by atoms with Crippen LogP contribution in [0, 0.1) is 5.82 Å². The van der Waals surface area contributed by atoms with E-state index in [4.69, 9.17) is 0 Å². The van der Waals surface area contributed by atoms with Crippen molar-refractivity contribution in [2.24, 2.45) is 0 Å². The van der Waals surface area contributed by atoms with Crippen molar-refractivity contribution >= 4 is 39.0 Å². The summed E-state index contributed by atoms with van der Waals surface area (Å²) < 4.78 is 40.6. The average Bonchev–Trinajstić information content (AvgIpc) is 3.27. The lowest BCUT2D eigenvalue weighted by atomic mass is 10.2. The maximum atomic E-state index is 13.1. The summed E-state index contributed by atoms with van der Waals surface area (Å²) in [5.41, 5.74) is 1.93. The SMILES string of the molecule is O=C(CSc1nc(-c2ccccc2)cs1)N1CCN(S(=O)(=O)c2ccc(F)cc2)CC1. The third-order valence-electron chi connectivity index (χ3n) is 4.91. The Morgan fingerprint density at radius 2 is 1.71 bits per heavy atom. The van der Waals surface area contributed by atoms with Crippen molar-refractivity contribution in [1.29, 1.82) is 0 Å². The number of nitrogens with zero attached hydrogens (tertiary/aromatic N) is 3. The molecule has 1 saturated heterocycles. The van der Waals surface area contributed by atoms with Gasteiger partial charge in [-0.3, -0.25) is 4.79 Å². The zero-order chi connectivity index (χ0) is 21.8. The van der Waals surface area contributed by atoms with E-state index in [0.717, 1.165) is 27.7 Å². The number of amides is 1. The lowest BCUT2D eigenvalue weighted by Crippen LogP contribution is -2.50. The summed E-state index contributed by atoms with van der Waals surface area (Å²) in [4.78, 5) is 18.9. The molecule has 1 aromatic heterocycles. The van der Waals surface area contributed by atoms with Crippen LogP contribution in [0.2, 0.25) is 0 Å². The first kappa shape index (κ1) is 21.9. The molecule has 0 radical (unpaired) electrons. The number of carbonyl (C=O) groups is 1. The number of sulfonamides is 1. The molecule has 1 aliphatic heterocycles. The summed E-state index contributed by atoms with van der Waals surface area (Å²) in [6, 6.07) is 14.6. The van der Waals surface area contributed by atoms with Crippen LogP contribution in [0.4, 0.5) is 4.39 Å². The van der Waals surface area contributed by atoms with Gasteiger partial charge in [0.15, 0.2) is 4.34 Å². The van der Waals surface area contributed by atoms with Crippen LogP contribution in [0.15, 0.2) is 69.2 Å². The minimum Gasteiger partial charge on any atom is -0.339 e. The van der Waals surface area contributed by atoms with Gasteiger partial charge in [0, 0.05) is 37.1 Å². The normalized spacial score (nSPS) is 15.2. The number of hydrogen-bond donors (Lipinski definition) is 0. The molecule has 0 bridgehead atoms. The number of thioether (sulfide) groups is 1. The Labute approximate surface area is 188 Å². The van der Waals surface area contributed by atoms with Gasteiger partial charge in [-0.25, -0.2) is 17.8 Å². The predicted octanol–water partition coefficient (Wildman–Crippen LogP) is 3.57. The van der Waals surface area contributed by atoms with Gasteiger partial charge < -0.3 is 4.90 Å². The molecule has 0 atom stereocenters. The molecule has 31 heavy (non-hydrogen) atoms. The Hall–Kier alpha value is -2.27. The zero-order valence-electron chi connectivity index (χ0n) is 16.5. The number of piperazine rings is 1. The van der Waals surface area contributed by atoms with Gasteiger partial charge in [0.25, 0.3) is 0 Å². The van der Waals surface area contributed by atoms with E-state index in [1.165, 1.54) is 39.5 Å². The van der Waals surface area contributed by atoms with Crippen molar-refractivity contribution < 1.29 is 17.6 Å². The number of thiazole rings is 1. The second kappa shape index (κ2) is 9.47. The van der Waals surface area contributed by atoms with Crippen molar-refractivity contribution in [1.82, 2.24) is 14.2 Å². The minimum absolute atomic E-state index is 0.0414. The lowest BCUT2D eigenvalue weighted by molar-refractivity contribution is -0.129. The first-order valence-electron chi connectivity index (χ1n) is 9.61. The van der Waals surface area contributed by atoms with Gasteiger partial charge in [-0.05, 0) is 24.3 Å². The second-order valence-corrected chi connectivity index (χ2v) is 10.9. The summed E-state index contributed by atoms with van der Waals surface area (Å²) in [6.45, 7) is 1.08. The third-order valence-corrected chi connectivity index (χ3v) is 8.83. The molecule has 2 aromatic carbocycles. The Morgan fingerprint density at radius 3 is 2.39 bits per heavy atom. The van der Waals surface area contributed by atoms with Crippen LogP contribution in [-0.4, -0.2) is 60.4 Å². The first-order valence-corrected chi connectivity index (χ1v) is 12.9. The summed E-state index contributed by atoms with van der Waals surface area (Å²) in [5, 5.41) is 1.97. The van der Waals surface area contributed by atoms with Crippen LogP contribution in [-0.2, 0) is 14.8 Å². The van der Waals surface area contributed by atoms with Gasteiger partial charge in [-0.1, -0.05) is 42.1 Å². The number of halogens is 1. The summed E-state index contributed by atoms with van der Waals surface area (Å²) in [6.07, 6.45) is 0. The molecular weight excluding hydrogens is 457 g/mol. The fraction of sp³-hybridized carbons (Fsp3) is 0.238. The molecule has 0 N–H and O–H groups in total. The van der Waals surface area contributed by atoms with Crippen LogP contribution < -0.4 is 0 Å². The largest absolute Gasteiger partial charge is 0.339 e. The van der Waals surface area contributed by atoms with E-state index in [9.17, 15) is 17.6 Å². The molecular formula is C21H20FN3O3S3. The van der Waals surface area contributed by atoms with E-state index in [1.54, 1.807) is 4.90 Å². The van der Waals surface area contributed by atoms with E-state index in [1.807, 2.05) is 35.7 Å². The number of carbonyl (C=O) groups excluding carboxylic acids is 1. The summed E-state index contributed by atoms with van der Waals surface area (Å²) in [5.74, 6) is -0.268. The molecule has 4 rings (SSSR count). The maximum Gasteiger partial charge on any atom is 0.243 e. The molecule has 6 nitrogen and oxygen atoms in total. The fourth-order valence-electron chi connectivity index (χ4n) is 3.21. The molecule has 3 aromatic rings. The molecule has 2 heterocycles. The number of benzene rings is 2. The Kier molecular flexibility index (Phi) is 6.71. The minimum atomic E-state index is -3.69. The Balaban J connectivity index is 1.30. The van der Waals surface area contributed by atoms with E-state index in [2.05, 4.69) is 4.98 Å². The molecule has 0 unspecified atom stereocenters. The van der Waals surface area contributed by atoms with E-state index in [-0.39, 0.29) is 29.6 Å². The molecule has 1 fully saturated rings. The van der Waals surface area contributed by atoms with Crippen LogP contribution >= 0.6 is 23.1 Å². The lowest BCUT2D eigenvalue weighted by Gasteiger charge is -2.34. The van der Waals surface area contributed by atoms with Crippen LogP contribution in [0.3, 0.4) is 0 Å². The fourth-order valence-corrected chi connectivity index (χ4v) is 6.37. The van der Waals surface area contributed by atoms with Gasteiger partial charge >= 0.3 is 0 Å². The average molecular weight is 478 g/mol. The molecule has 162 valence electrons. The molecule has 10 heteroatoms. The molecule has 1 amide bonds. The smallest absolute Gasteiger partial charge is 0.243 e. The van der Waals surface area contributed by atoms with Crippen LogP contribution in [0.25, 0.3) is 11.3 Å². The number of hydrogen-bond acceptors (Lipinski definition) is 6. The highest BCUT2D eigenvalue weighted by molar-refractivity contribution is 8.01. The van der Waals surface area contributed by atoms with E-state index >= 15 is 0 Å². The van der Waals surface area contributed by atoms with Gasteiger partial charge in [0.2, 0.25) is 15.9 Å². The van der Waals surface area contributed by atoms with Gasteiger partial charge in [0.05, 0.1) is 16.3 Å². The van der Waals surface area contributed by atoms with Gasteiger partial charge in [0.1, 0.15) is 5.82 Å². The molecule has 0 spiro atoms. The Morgan fingerprint density at radius 1 is 1.03 bits per heavy atom. The summed E-state index contributed by atoms with van der Waals surface area (Å²) in [7, 11) is -3.69. The van der Waals surface area contributed by atoms with Gasteiger partial charge in [-0.15, -0.1) is 11.3 Å². The Bertz CT molecular complexity index is 1140. The second-order valence-electron chi connectivity index (χ2n) is 6.89. The highest BCUT2D eigenvalue weighted by atomic mass is 32.2. The van der Waals surface area contributed by atoms with Crippen molar-refractivity contribution in [2.75, 3.05) is 31.9 Å². The quantitative estimate of drug-likeness (QED) is 0.508. The molecule has 1 aliphatic rings. The van der Waals surface area contributed by atoms with E-state index < -0.39 is 15.8 Å². The zero-order valence-corrected chi connectivity index (χ0v) is 18.9. The van der Waals surface area contributed by atoms with Crippen molar-refractivity contribution in [3.8, 4) is 11.3 Å². The van der Waals surface area contributed by atoms with Crippen molar-refractivity contribution in [3.05, 3.63) is 65.8 Å². The van der Waals surface area contributed by atoms with Crippen LogP contribution in [0.1, 0.15) is 0 Å². The summed E-state index contributed by atoms with van der Waals surface area (Å²) >= 11 is 2.89. The number of aromatic nitrogens is 1. The highest BCUT2D eigenvalue weighted by Gasteiger charge is 2.30. The monoisotopic (exact) mass is 477 g/mol. The van der Waals surface area contributed by atoms with Crippen molar-refractivity contribution in [2.45, 2.75) is 9.24 Å². The number of rotatable bonds is 6. The van der Waals surface area contributed by atoms with Crippen LogP contribution in [0.5, 0.6) is 0 Å². The van der Waals surface area contributed by atoms with Crippen molar-refractivity contribution in [3.63, 3.8) is 0 Å². The molecule has 0 saturated carbocycles. The van der Waals surface area contributed by atoms with Gasteiger partial charge in [-0.2, -0.15) is 4.31 Å². The first-order chi connectivity index (χ1) is 14.9.